The summed E-state index contributed by atoms with van der Waals surface area (Å²) < 4.78 is 10.7. The summed E-state index contributed by atoms with van der Waals surface area (Å²) >= 11 is 0. The highest BCUT2D eigenvalue weighted by Crippen LogP contribution is 2.35. The first-order valence-electron chi connectivity index (χ1n) is 11.3. The van der Waals surface area contributed by atoms with Crippen molar-refractivity contribution >= 4 is 28.8 Å². The molecule has 0 bridgehead atoms. The third-order valence-corrected chi connectivity index (χ3v) is 5.72. The van der Waals surface area contributed by atoms with E-state index in [0.717, 1.165) is 5.56 Å². The number of hydrogen-bond donors (Lipinski definition) is 1. The van der Waals surface area contributed by atoms with E-state index in [1.165, 1.54) is 4.90 Å². The lowest BCUT2D eigenvalue weighted by Crippen LogP contribution is -2.32. The van der Waals surface area contributed by atoms with Crippen LogP contribution in [0.5, 0.6) is 11.5 Å². The molecule has 0 saturated carbocycles. The molecule has 6 nitrogen and oxygen atoms in total. The largest absolute Gasteiger partial charge is 0.497 e. The van der Waals surface area contributed by atoms with Gasteiger partial charge in [0.2, 0.25) is 0 Å². The molecule has 2 amide bonds. The third-order valence-electron chi connectivity index (χ3n) is 5.72. The molecule has 3 aromatic rings. The topological polar surface area (TPSA) is 67.9 Å². The number of benzene rings is 3. The summed E-state index contributed by atoms with van der Waals surface area (Å²) in [6, 6.07) is 21.9. The summed E-state index contributed by atoms with van der Waals surface area (Å²) in [6.45, 7) is 6.66. The third kappa shape index (κ3) is 4.53. The lowest BCUT2D eigenvalue weighted by atomic mass is 10.0. The Bertz CT molecular complexity index is 1210. The number of imide groups is 1. The minimum Gasteiger partial charge on any atom is -0.497 e. The van der Waals surface area contributed by atoms with Crippen molar-refractivity contribution in [2.75, 3.05) is 23.9 Å². The van der Waals surface area contributed by atoms with Crippen molar-refractivity contribution in [3.63, 3.8) is 0 Å². The van der Waals surface area contributed by atoms with Gasteiger partial charge in [0.25, 0.3) is 11.8 Å². The number of nitrogens with zero attached hydrogens (tertiary/aromatic N) is 1. The minimum atomic E-state index is -0.401. The maximum Gasteiger partial charge on any atom is 0.282 e. The van der Waals surface area contributed by atoms with E-state index in [4.69, 9.17) is 9.47 Å². The predicted molar refractivity (Wildman–Crippen MR) is 134 cm³/mol. The number of carbonyl (C=O) groups is 2. The van der Waals surface area contributed by atoms with Crippen LogP contribution in [0.4, 0.5) is 11.4 Å². The summed E-state index contributed by atoms with van der Waals surface area (Å²) in [5.41, 5.74) is 3.54. The maximum absolute atomic E-state index is 13.6. The van der Waals surface area contributed by atoms with Gasteiger partial charge in [-0.3, -0.25) is 9.59 Å². The van der Waals surface area contributed by atoms with Gasteiger partial charge in [0.15, 0.2) is 0 Å². The number of methoxy groups -OCH3 is 1. The molecule has 174 valence electrons. The summed E-state index contributed by atoms with van der Waals surface area (Å²) in [4.78, 5) is 28.4. The smallest absolute Gasteiger partial charge is 0.282 e. The molecule has 0 atom stereocenters. The molecule has 0 fully saturated rings. The fourth-order valence-electron chi connectivity index (χ4n) is 3.86. The van der Waals surface area contributed by atoms with Gasteiger partial charge in [-0.25, -0.2) is 4.90 Å². The normalized spacial score (nSPS) is 13.6. The van der Waals surface area contributed by atoms with Crippen LogP contribution in [0.15, 0.2) is 78.5 Å². The van der Waals surface area contributed by atoms with E-state index >= 15 is 0 Å². The lowest BCUT2D eigenvalue weighted by Gasteiger charge is -2.16. The van der Waals surface area contributed by atoms with Crippen molar-refractivity contribution in [1.29, 1.82) is 0 Å². The van der Waals surface area contributed by atoms with Gasteiger partial charge in [-0.2, -0.15) is 0 Å². The molecule has 0 saturated heterocycles. The first-order valence-corrected chi connectivity index (χ1v) is 11.3. The molecule has 0 radical (unpaired) electrons. The van der Waals surface area contributed by atoms with Crippen LogP contribution >= 0.6 is 0 Å². The molecule has 0 spiro atoms. The van der Waals surface area contributed by atoms with Crippen LogP contribution in [0.1, 0.15) is 37.8 Å². The average Bonchev–Trinajstić information content (AvgIpc) is 3.09. The van der Waals surface area contributed by atoms with Crippen molar-refractivity contribution in [1.82, 2.24) is 0 Å². The first-order chi connectivity index (χ1) is 16.4. The van der Waals surface area contributed by atoms with Gasteiger partial charge in [-0.05, 0) is 72.5 Å². The summed E-state index contributed by atoms with van der Waals surface area (Å²) in [7, 11) is 1.59. The first kappa shape index (κ1) is 23.1. The van der Waals surface area contributed by atoms with Gasteiger partial charge in [0.1, 0.15) is 17.2 Å². The number of anilines is 2. The number of ether oxygens (including phenoxy) is 2. The second kappa shape index (κ2) is 9.83. The van der Waals surface area contributed by atoms with Crippen LogP contribution in [0.2, 0.25) is 0 Å². The Morgan fingerprint density at radius 2 is 1.44 bits per heavy atom. The Kier molecular flexibility index (Phi) is 6.68. The summed E-state index contributed by atoms with van der Waals surface area (Å²) in [5, 5.41) is 3.17. The quantitative estimate of drug-likeness (QED) is 0.446. The van der Waals surface area contributed by atoms with Crippen molar-refractivity contribution in [2.45, 2.75) is 26.7 Å². The van der Waals surface area contributed by atoms with Crippen molar-refractivity contribution in [2.24, 2.45) is 0 Å². The monoisotopic (exact) mass is 456 g/mol. The Balaban J connectivity index is 1.74. The van der Waals surface area contributed by atoms with Crippen LogP contribution < -0.4 is 19.7 Å². The van der Waals surface area contributed by atoms with Crippen molar-refractivity contribution < 1.29 is 19.1 Å². The fourth-order valence-corrected chi connectivity index (χ4v) is 3.86. The molecule has 3 aromatic carbocycles. The molecule has 0 aliphatic carbocycles. The van der Waals surface area contributed by atoms with E-state index in [0.29, 0.717) is 46.5 Å². The molecule has 0 unspecified atom stereocenters. The molecule has 1 heterocycles. The van der Waals surface area contributed by atoms with Crippen LogP contribution in [0.3, 0.4) is 0 Å². The highest BCUT2D eigenvalue weighted by molar-refractivity contribution is 6.46. The summed E-state index contributed by atoms with van der Waals surface area (Å²) in [5.74, 6) is 0.981. The van der Waals surface area contributed by atoms with E-state index in [1.54, 1.807) is 55.6 Å². The highest BCUT2D eigenvalue weighted by Gasteiger charge is 2.40. The molecule has 6 heteroatoms. The molecule has 1 N–H and O–H groups in total. The number of hydrogen-bond acceptors (Lipinski definition) is 5. The lowest BCUT2D eigenvalue weighted by molar-refractivity contribution is -0.120. The van der Waals surface area contributed by atoms with Crippen LogP contribution in [-0.4, -0.2) is 25.5 Å². The Morgan fingerprint density at radius 3 is 2.00 bits per heavy atom. The molecule has 1 aliphatic rings. The molecular formula is C28H28N2O4. The van der Waals surface area contributed by atoms with Crippen molar-refractivity contribution in [3.05, 3.63) is 89.6 Å². The number of rotatable bonds is 8. The SMILES string of the molecule is CCOc1ccc(C2=C(Nc3ccc(OC)cc3)C(=O)N(c3ccc(C(C)C)cc3)C2=O)cc1. The van der Waals surface area contributed by atoms with Gasteiger partial charge < -0.3 is 14.8 Å². The number of nitrogens with one attached hydrogen (secondary N) is 1. The Hall–Kier alpha value is -4.06. The Labute approximate surface area is 199 Å². The zero-order valence-corrected chi connectivity index (χ0v) is 19.8. The van der Waals surface area contributed by atoms with E-state index in [2.05, 4.69) is 19.2 Å². The van der Waals surface area contributed by atoms with Crippen LogP contribution in [0.25, 0.3) is 5.57 Å². The molecular weight excluding hydrogens is 428 g/mol. The number of carbonyl (C=O) groups excluding carboxylic acids is 2. The van der Waals surface area contributed by atoms with E-state index in [-0.39, 0.29) is 11.6 Å². The van der Waals surface area contributed by atoms with Gasteiger partial charge in [-0.15, -0.1) is 0 Å². The van der Waals surface area contributed by atoms with Gasteiger partial charge in [-0.1, -0.05) is 38.1 Å². The second-order valence-electron chi connectivity index (χ2n) is 8.25. The predicted octanol–water partition coefficient (Wildman–Crippen LogP) is 5.61. The molecule has 4 rings (SSSR count). The van der Waals surface area contributed by atoms with Crippen LogP contribution in [-0.2, 0) is 9.59 Å². The number of amides is 2. The van der Waals surface area contributed by atoms with E-state index in [1.807, 2.05) is 31.2 Å². The molecule has 1 aliphatic heterocycles. The molecule has 0 aromatic heterocycles. The molecule has 34 heavy (non-hydrogen) atoms. The van der Waals surface area contributed by atoms with E-state index in [9.17, 15) is 9.59 Å². The average molecular weight is 457 g/mol. The van der Waals surface area contributed by atoms with Crippen LogP contribution in [0, 0.1) is 0 Å². The summed E-state index contributed by atoms with van der Waals surface area (Å²) in [6.07, 6.45) is 0. The fraction of sp³-hybridized carbons (Fsp3) is 0.214. The van der Waals surface area contributed by atoms with E-state index < -0.39 is 5.91 Å². The zero-order chi connectivity index (χ0) is 24.2. The Morgan fingerprint density at radius 1 is 0.824 bits per heavy atom. The standard InChI is InChI=1S/C28H28N2O4/c1-5-34-24-14-8-20(9-15-24)25-26(29-21-10-16-23(33-4)17-11-21)28(32)30(27(25)31)22-12-6-19(7-13-22)18(2)3/h6-18,29H,5H2,1-4H3. The highest BCUT2D eigenvalue weighted by atomic mass is 16.5. The van der Waals surface area contributed by atoms with Gasteiger partial charge >= 0.3 is 0 Å². The van der Waals surface area contributed by atoms with Gasteiger partial charge in [0.05, 0.1) is 25.0 Å². The zero-order valence-electron chi connectivity index (χ0n) is 19.8. The maximum atomic E-state index is 13.6. The second-order valence-corrected chi connectivity index (χ2v) is 8.25. The van der Waals surface area contributed by atoms with Crippen molar-refractivity contribution in [3.8, 4) is 11.5 Å². The minimum absolute atomic E-state index is 0.229. The van der Waals surface area contributed by atoms with Gasteiger partial charge in [0, 0.05) is 5.69 Å².